The predicted molar refractivity (Wildman–Crippen MR) is 57.4 cm³/mol. The van der Waals surface area contributed by atoms with Gasteiger partial charge in [0.25, 0.3) is 6.43 Å². The Morgan fingerprint density at radius 2 is 1.93 bits per heavy atom. The quantitative estimate of drug-likeness (QED) is 0.885. The molecule has 0 saturated heterocycles. The number of rotatable bonds is 2. The summed E-state index contributed by atoms with van der Waals surface area (Å²) in [4.78, 5) is 10.4. The Labute approximate surface area is 95.1 Å². The summed E-state index contributed by atoms with van der Waals surface area (Å²) >= 11 is 2.87. The fraction of sp³-hybridized carbons (Fsp3) is 0.300. The molecule has 84 valence electrons. The average molecular weight is 281 g/mol. The highest BCUT2D eigenvalue weighted by atomic mass is 79.9. The number of carbonyl (C=O) groups is 1. The summed E-state index contributed by atoms with van der Waals surface area (Å²) in [7, 11) is 0. The summed E-state index contributed by atoms with van der Waals surface area (Å²) < 4.78 is 24.5. The van der Waals surface area contributed by atoms with E-state index < -0.39 is 12.4 Å². The van der Waals surface area contributed by atoms with E-state index in [1.807, 2.05) is 13.8 Å². The van der Waals surface area contributed by atoms with Crippen LogP contribution in [0.1, 0.15) is 36.2 Å². The molecular formula is C10H11BrF2O2. The van der Waals surface area contributed by atoms with Crippen molar-refractivity contribution < 1.29 is 18.7 Å². The molecule has 1 N–H and O–H groups in total. The van der Waals surface area contributed by atoms with Gasteiger partial charge < -0.3 is 5.11 Å². The van der Waals surface area contributed by atoms with Gasteiger partial charge >= 0.3 is 5.97 Å². The van der Waals surface area contributed by atoms with E-state index in [2.05, 4.69) is 15.9 Å². The fourth-order valence-electron chi connectivity index (χ4n) is 0.837. The summed E-state index contributed by atoms with van der Waals surface area (Å²) in [6.07, 6.45) is -2.60. The summed E-state index contributed by atoms with van der Waals surface area (Å²) in [5, 5.41) is 8.53. The maximum atomic E-state index is 12.2. The van der Waals surface area contributed by atoms with Crippen LogP contribution in [-0.2, 0) is 0 Å². The van der Waals surface area contributed by atoms with E-state index in [0.717, 1.165) is 18.2 Å². The van der Waals surface area contributed by atoms with Crippen molar-refractivity contribution in [2.75, 3.05) is 0 Å². The molecule has 0 aromatic heterocycles. The van der Waals surface area contributed by atoms with Crippen LogP contribution in [0.2, 0.25) is 0 Å². The number of alkyl halides is 2. The van der Waals surface area contributed by atoms with Crippen molar-refractivity contribution in [3.05, 3.63) is 33.8 Å². The van der Waals surface area contributed by atoms with Gasteiger partial charge in [-0.1, -0.05) is 35.8 Å². The monoisotopic (exact) mass is 280 g/mol. The fourth-order valence-corrected chi connectivity index (χ4v) is 1.39. The Morgan fingerprint density at radius 3 is 2.27 bits per heavy atom. The van der Waals surface area contributed by atoms with Crippen LogP contribution in [0.4, 0.5) is 8.78 Å². The van der Waals surface area contributed by atoms with Gasteiger partial charge in [0, 0.05) is 10.0 Å². The van der Waals surface area contributed by atoms with Gasteiger partial charge in [-0.25, -0.2) is 13.6 Å². The maximum absolute atomic E-state index is 12.2. The van der Waals surface area contributed by atoms with E-state index in [4.69, 9.17) is 5.11 Å². The molecule has 0 bridgehead atoms. The van der Waals surface area contributed by atoms with E-state index in [1.54, 1.807) is 0 Å². The topological polar surface area (TPSA) is 37.3 Å². The van der Waals surface area contributed by atoms with Crippen LogP contribution in [0.25, 0.3) is 0 Å². The van der Waals surface area contributed by atoms with Gasteiger partial charge in [-0.15, -0.1) is 0 Å². The molecule has 0 atom stereocenters. The van der Waals surface area contributed by atoms with Crippen LogP contribution in [0.3, 0.4) is 0 Å². The number of benzene rings is 1. The van der Waals surface area contributed by atoms with Crippen molar-refractivity contribution in [1.29, 1.82) is 0 Å². The minimum Gasteiger partial charge on any atom is -0.478 e. The van der Waals surface area contributed by atoms with Gasteiger partial charge in [-0.2, -0.15) is 0 Å². The molecule has 15 heavy (non-hydrogen) atoms. The molecule has 0 aliphatic carbocycles. The van der Waals surface area contributed by atoms with Crippen LogP contribution in [-0.4, -0.2) is 11.1 Å². The first-order chi connectivity index (χ1) is 7.02. The lowest BCUT2D eigenvalue weighted by molar-refractivity contribution is 0.0696. The van der Waals surface area contributed by atoms with E-state index in [1.165, 1.54) is 0 Å². The van der Waals surface area contributed by atoms with Crippen molar-refractivity contribution in [3.63, 3.8) is 0 Å². The van der Waals surface area contributed by atoms with Gasteiger partial charge in [-0.3, -0.25) is 0 Å². The van der Waals surface area contributed by atoms with E-state index >= 15 is 0 Å². The van der Waals surface area contributed by atoms with Crippen LogP contribution in [0.15, 0.2) is 22.7 Å². The summed E-state index contributed by atoms with van der Waals surface area (Å²) in [5.41, 5.74) is -0.221. The normalized spacial score (nSPS) is 9.47. The molecule has 0 unspecified atom stereocenters. The zero-order chi connectivity index (χ0) is 12.0. The minimum atomic E-state index is -2.60. The number of carboxylic acid groups (broad SMARTS) is 1. The van der Waals surface area contributed by atoms with Crippen LogP contribution in [0, 0.1) is 0 Å². The third-order valence-corrected chi connectivity index (χ3v) is 2.17. The molecule has 0 amide bonds. The molecule has 0 saturated carbocycles. The predicted octanol–water partition coefficient (Wildman–Crippen LogP) is 4.11. The third-order valence-electron chi connectivity index (χ3n) is 1.48. The molecule has 0 heterocycles. The molecule has 1 aromatic carbocycles. The SMILES string of the molecule is CC.O=C(O)c1ccc(C(F)F)c(Br)c1. The minimum absolute atomic E-state index is 0.0173. The maximum Gasteiger partial charge on any atom is 0.335 e. The number of halogens is 3. The number of hydrogen-bond donors (Lipinski definition) is 1. The first-order valence-corrected chi connectivity index (χ1v) is 5.12. The van der Waals surface area contributed by atoms with Gasteiger partial charge in [0.2, 0.25) is 0 Å². The number of aromatic carboxylic acids is 1. The number of carboxylic acids is 1. The second-order valence-electron chi connectivity index (χ2n) is 2.34. The summed E-state index contributed by atoms with van der Waals surface area (Å²) in [6, 6.07) is 3.40. The smallest absolute Gasteiger partial charge is 0.335 e. The van der Waals surface area contributed by atoms with Crippen molar-refractivity contribution in [1.82, 2.24) is 0 Å². The van der Waals surface area contributed by atoms with E-state index in [0.29, 0.717) is 0 Å². The molecule has 1 rings (SSSR count). The lowest BCUT2D eigenvalue weighted by atomic mass is 10.1. The Kier molecular flexibility index (Phi) is 6.08. The van der Waals surface area contributed by atoms with E-state index in [-0.39, 0.29) is 15.6 Å². The molecular weight excluding hydrogens is 270 g/mol. The molecule has 0 aliphatic rings. The molecule has 0 spiro atoms. The Bertz CT molecular complexity index is 340. The molecule has 0 aliphatic heterocycles. The third kappa shape index (κ3) is 3.95. The lowest BCUT2D eigenvalue weighted by Gasteiger charge is -2.03. The molecule has 5 heteroatoms. The van der Waals surface area contributed by atoms with Crippen molar-refractivity contribution in [2.45, 2.75) is 20.3 Å². The first kappa shape index (κ1) is 14.0. The first-order valence-electron chi connectivity index (χ1n) is 4.33. The van der Waals surface area contributed by atoms with Gasteiger partial charge in [-0.05, 0) is 12.1 Å². The molecule has 0 fully saturated rings. The molecule has 2 nitrogen and oxygen atoms in total. The van der Waals surface area contributed by atoms with Crippen LogP contribution >= 0.6 is 15.9 Å². The van der Waals surface area contributed by atoms with Crippen LogP contribution in [0.5, 0.6) is 0 Å². The van der Waals surface area contributed by atoms with Gasteiger partial charge in [0.15, 0.2) is 0 Å². The van der Waals surface area contributed by atoms with Crippen molar-refractivity contribution in [3.8, 4) is 0 Å². The Hall–Kier alpha value is -0.970. The standard InChI is InChI=1S/C8H5BrF2O2.C2H6/c9-6-3-4(8(12)13)1-2-5(6)7(10)11;1-2/h1-3,7H,(H,12,13);1-2H3. The molecule has 1 aromatic rings. The van der Waals surface area contributed by atoms with Gasteiger partial charge in [0.1, 0.15) is 0 Å². The van der Waals surface area contributed by atoms with Crippen molar-refractivity contribution >= 4 is 21.9 Å². The largest absolute Gasteiger partial charge is 0.478 e. The molecule has 0 radical (unpaired) electrons. The number of hydrogen-bond acceptors (Lipinski definition) is 1. The highest BCUT2D eigenvalue weighted by Gasteiger charge is 2.13. The zero-order valence-electron chi connectivity index (χ0n) is 8.30. The highest BCUT2D eigenvalue weighted by Crippen LogP contribution is 2.27. The Balaban J connectivity index is 0.000000921. The zero-order valence-corrected chi connectivity index (χ0v) is 9.88. The second-order valence-corrected chi connectivity index (χ2v) is 3.20. The second kappa shape index (κ2) is 6.50. The van der Waals surface area contributed by atoms with Crippen molar-refractivity contribution in [2.24, 2.45) is 0 Å². The summed E-state index contributed by atoms with van der Waals surface area (Å²) in [6.45, 7) is 4.00. The summed E-state index contributed by atoms with van der Waals surface area (Å²) in [5.74, 6) is -1.14. The van der Waals surface area contributed by atoms with E-state index in [9.17, 15) is 13.6 Å². The Morgan fingerprint density at radius 1 is 1.40 bits per heavy atom. The average Bonchev–Trinajstić information content (AvgIpc) is 2.20. The van der Waals surface area contributed by atoms with Crippen LogP contribution < -0.4 is 0 Å². The lowest BCUT2D eigenvalue weighted by Crippen LogP contribution is -1.97. The van der Waals surface area contributed by atoms with Gasteiger partial charge in [0.05, 0.1) is 5.56 Å². The highest BCUT2D eigenvalue weighted by molar-refractivity contribution is 9.10.